The predicted octanol–water partition coefficient (Wildman–Crippen LogP) is 6.66. The van der Waals surface area contributed by atoms with Crippen LogP contribution in [0.4, 0.5) is 66.2 Å². The van der Waals surface area contributed by atoms with Crippen LogP contribution in [-0.4, -0.2) is 200 Å². The SMILES string of the molecule is CB(O)N1CCN(c2ccc(B3OC(C)(C)C(C)(C)O3)cc2F)CC1.CB(O)N1CCN(c2ccc(Br)cc2F)CC1.CB(O)N1CCN(c2ccc(N)cc2F)CC1.CB(O)N1CCN(c2ccc([N+](=O)[O-])cc2F)CC1.O=[N+]([O-])c1ccc(F)c(F)c1. The Labute approximate surface area is 526 Å². The lowest BCUT2D eigenvalue weighted by Crippen LogP contribution is -2.51. The zero-order valence-electron chi connectivity index (χ0n) is 51.3. The predicted molar refractivity (Wildman–Crippen MR) is 344 cm³/mol. The third-order valence-corrected chi connectivity index (χ3v) is 16.9. The lowest BCUT2D eigenvalue weighted by molar-refractivity contribution is -0.385. The van der Waals surface area contributed by atoms with Gasteiger partial charge in [-0.1, -0.05) is 22.0 Å². The smallest absolute Gasteiger partial charge is 0.437 e. The lowest BCUT2D eigenvalue weighted by atomic mass is 9.79. The number of nitro benzene ring substituents is 2. The molecular weight excluding hydrogens is 1230 g/mol. The summed E-state index contributed by atoms with van der Waals surface area (Å²) in [5, 5.41) is 58.5. The van der Waals surface area contributed by atoms with E-state index in [2.05, 4.69) is 15.9 Å². The summed E-state index contributed by atoms with van der Waals surface area (Å²) in [6.07, 6.45) is 0. The largest absolute Gasteiger partial charge is 0.494 e. The van der Waals surface area contributed by atoms with E-state index >= 15 is 0 Å². The Balaban J connectivity index is 0.000000181. The minimum Gasteiger partial charge on any atom is -0.437 e. The molecule has 0 amide bonds. The van der Waals surface area contributed by atoms with Crippen molar-refractivity contribution in [2.75, 3.05) is 130 Å². The van der Waals surface area contributed by atoms with Crippen molar-refractivity contribution >= 4 is 96.5 Å². The fourth-order valence-corrected chi connectivity index (χ4v) is 10.6. The fourth-order valence-electron chi connectivity index (χ4n) is 10.2. The molecule has 5 aromatic rings. The Hall–Kier alpha value is -6.12. The van der Waals surface area contributed by atoms with Crippen LogP contribution in [0, 0.1) is 55.1 Å². The van der Waals surface area contributed by atoms with Gasteiger partial charge in [0.2, 0.25) is 0 Å². The summed E-state index contributed by atoms with van der Waals surface area (Å²) < 4.78 is 93.2. The van der Waals surface area contributed by atoms with Gasteiger partial charge in [0, 0.05) is 127 Å². The maximum absolute atomic E-state index is 14.7. The van der Waals surface area contributed by atoms with Crippen molar-refractivity contribution in [3.63, 3.8) is 0 Å². The Bertz CT molecular complexity index is 3060. The molecule has 5 aromatic carbocycles. The maximum atomic E-state index is 14.7. The zero-order chi connectivity index (χ0) is 65.7. The molecule has 5 aliphatic rings. The number of piperazine rings is 4. The number of hydrogen-bond acceptors (Lipinski definition) is 19. The van der Waals surface area contributed by atoms with Crippen LogP contribution in [0.5, 0.6) is 0 Å². The van der Waals surface area contributed by atoms with Crippen LogP contribution in [0.3, 0.4) is 0 Å². The number of benzene rings is 5. The van der Waals surface area contributed by atoms with Crippen LogP contribution in [0.1, 0.15) is 27.7 Å². The molecule has 0 atom stereocenters. The molecule has 89 heavy (non-hydrogen) atoms. The van der Waals surface area contributed by atoms with E-state index in [-0.39, 0.29) is 23.1 Å². The summed E-state index contributed by atoms with van der Waals surface area (Å²) in [7, 11) is -2.39. The molecule has 5 saturated heterocycles. The Morgan fingerprint density at radius 2 is 0.753 bits per heavy atom. The summed E-state index contributed by atoms with van der Waals surface area (Å²) in [5.41, 5.74) is 7.26. The van der Waals surface area contributed by atoms with E-state index in [1.807, 2.05) is 78.7 Å². The standard InChI is InChI=1S/C17H27B2FN2O3.C11H15BBrFN2O.C11H15BFN3O3.C11H17BFN3O.C6H3F2NO2/c1-16(2)17(3,4)25-19(24-16)13-6-7-15(14(20)12-13)21-8-10-22(11-9-21)18(5)23;1-12(17)16-6-4-15(5-7-16)11-3-2-9(13)8-10(11)14;1-12(17)15-6-4-14(5-7-15)11-3-2-9(16(18)19)8-10(11)13;1-12(17)16-6-4-15(5-7-16)11-3-2-9(14)8-10(11)13;7-5-2-1-4(9(10)11)3-6(5)8/h6-7,12,23H,8-11H2,1-5H3;2-3,8,17H,4-7H2,1H3;2-3,8,17H,4-7H2,1H3;2-3,8,17H,4-7,14H2,1H3;1-3H. The Morgan fingerprint density at radius 1 is 0.449 bits per heavy atom. The van der Waals surface area contributed by atoms with E-state index in [1.165, 1.54) is 30.3 Å². The van der Waals surface area contributed by atoms with Gasteiger partial charge < -0.3 is 74.0 Å². The Morgan fingerprint density at radius 3 is 1.07 bits per heavy atom. The maximum Gasteiger partial charge on any atom is 0.494 e. The first-order chi connectivity index (χ1) is 41.9. The second-order valence-electron chi connectivity index (χ2n) is 23.0. The topological polar surface area (TPSA) is 238 Å². The van der Waals surface area contributed by atoms with Crippen LogP contribution < -0.4 is 30.8 Å². The second kappa shape index (κ2) is 32.3. The van der Waals surface area contributed by atoms with E-state index in [9.17, 15) is 66.7 Å². The summed E-state index contributed by atoms with van der Waals surface area (Å²) in [6, 6.07) is 20.9. The molecule has 10 rings (SSSR count). The highest BCUT2D eigenvalue weighted by atomic mass is 79.9. The average molecular weight is 1310 g/mol. The first kappa shape index (κ1) is 72.0. The van der Waals surface area contributed by atoms with Crippen molar-refractivity contribution in [3.8, 4) is 0 Å². The van der Waals surface area contributed by atoms with Crippen LogP contribution in [0.15, 0.2) is 95.5 Å². The molecule has 21 nitrogen and oxygen atoms in total. The highest BCUT2D eigenvalue weighted by Crippen LogP contribution is 2.37. The molecular formula is C56H77B5BrF6N11O10. The number of rotatable bonds is 11. The van der Waals surface area contributed by atoms with E-state index in [0.29, 0.717) is 98.4 Å². The summed E-state index contributed by atoms with van der Waals surface area (Å²) in [4.78, 5) is 34.8. The minimum atomic E-state index is -1.21. The second-order valence-corrected chi connectivity index (χ2v) is 23.9. The fraction of sp³-hybridized carbons (Fsp3) is 0.464. The Kier molecular flexibility index (Phi) is 26.1. The van der Waals surface area contributed by atoms with Crippen LogP contribution >= 0.6 is 15.9 Å². The van der Waals surface area contributed by atoms with Crippen molar-refractivity contribution in [2.24, 2.45) is 0 Å². The van der Waals surface area contributed by atoms with Gasteiger partial charge in [0.1, 0.15) is 17.5 Å². The van der Waals surface area contributed by atoms with Gasteiger partial charge in [0.05, 0.1) is 55.9 Å². The monoisotopic (exact) mass is 1310 g/mol. The third-order valence-electron chi connectivity index (χ3n) is 16.4. The van der Waals surface area contributed by atoms with Gasteiger partial charge in [-0.3, -0.25) is 20.2 Å². The van der Waals surface area contributed by atoms with Crippen LogP contribution in [0.2, 0.25) is 27.3 Å². The zero-order valence-corrected chi connectivity index (χ0v) is 52.9. The van der Waals surface area contributed by atoms with Gasteiger partial charge in [-0.2, -0.15) is 0 Å². The van der Waals surface area contributed by atoms with Gasteiger partial charge in [-0.15, -0.1) is 0 Å². The van der Waals surface area contributed by atoms with E-state index in [1.54, 1.807) is 51.6 Å². The van der Waals surface area contributed by atoms with Crippen molar-refractivity contribution in [3.05, 3.63) is 151 Å². The summed E-state index contributed by atoms with van der Waals surface area (Å²) >= 11 is 3.25. The number of hydrogen-bond donors (Lipinski definition) is 5. The normalized spacial score (nSPS) is 17.8. The molecule has 6 N–H and O–H groups in total. The van der Waals surface area contributed by atoms with Crippen molar-refractivity contribution in [2.45, 2.75) is 66.2 Å². The van der Waals surface area contributed by atoms with Crippen molar-refractivity contribution < 1.29 is 65.6 Å². The van der Waals surface area contributed by atoms with Gasteiger partial charge in [0.15, 0.2) is 17.5 Å². The van der Waals surface area contributed by atoms with E-state index < -0.39 is 79.5 Å². The molecule has 480 valence electrons. The van der Waals surface area contributed by atoms with E-state index in [4.69, 9.17) is 15.0 Å². The number of nitrogen functional groups attached to an aromatic ring is 1. The van der Waals surface area contributed by atoms with Crippen LogP contribution in [-0.2, 0) is 9.31 Å². The number of nitro groups is 2. The number of non-ortho nitro benzene ring substituents is 2. The number of anilines is 5. The van der Waals surface area contributed by atoms with Gasteiger partial charge in [-0.05, 0) is 121 Å². The van der Waals surface area contributed by atoms with Crippen molar-refractivity contribution in [1.29, 1.82) is 0 Å². The minimum absolute atomic E-state index is 0.204. The van der Waals surface area contributed by atoms with Gasteiger partial charge >= 0.3 is 35.3 Å². The van der Waals surface area contributed by atoms with E-state index in [0.717, 1.165) is 69.0 Å². The molecule has 0 radical (unpaired) electrons. The lowest BCUT2D eigenvalue weighted by Gasteiger charge is -2.36. The number of nitrogens with two attached hydrogens (primary N) is 1. The molecule has 0 bridgehead atoms. The highest BCUT2D eigenvalue weighted by molar-refractivity contribution is 9.10. The van der Waals surface area contributed by atoms with Gasteiger partial charge in [0.25, 0.3) is 11.4 Å². The molecule has 5 aliphatic heterocycles. The first-order valence-electron chi connectivity index (χ1n) is 29.2. The molecule has 33 heteroatoms. The van der Waals surface area contributed by atoms with Crippen LogP contribution in [0.25, 0.3) is 0 Å². The quantitative estimate of drug-likeness (QED) is 0.0306. The highest BCUT2D eigenvalue weighted by Gasteiger charge is 2.52. The molecule has 0 aromatic heterocycles. The molecule has 0 saturated carbocycles. The third kappa shape index (κ3) is 19.9. The molecule has 5 fully saturated rings. The first-order valence-corrected chi connectivity index (χ1v) is 30.0. The number of nitrogens with zero attached hydrogens (tertiary/aromatic N) is 10. The average Bonchev–Trinajstić information content (AvgIpc) is 1.91. The summed E-state index contributed by atoms with van der Waals surface area (Å²) in [5.74, 6) is -3.63. The molecule has 0 spiro atoms. The molecule has 0 unspecified atom stereocenters. The number of halogens is 7. The molecule has 5 heterocycles. The van der Waals surface area contributed by atoms with Crippen molar-refractivity contribution in [1.82, 2.24) is 19.2 Å². The van der Waals surface area contributed by atoms with Gasteiger partial charge in [-0.25, -0.2) is 26.3 Å². The molecule has 0 aliphatic carbocycles. The summed E-state index contributed by atoms with van der Waals surface area (Å²) in [6.45, 7) is 26.1.